The normalized spacial score (nSPS) is 13.7. The van der Waals surface area contributed by atoms with Crippen molar-refractivity contribution in [1.82, 2.24) is 10.3 Å². The van der Waals surface area contributed by atoms with E-state index < -0.39 is 6.04 Å². The van der Waals surface area contributed by atoms with Crippen LogP contribution in [-0.2, 0) is 11.3 Å². The zero-order valence-corrected chi connectivity index (χ0v) is 22.3. The Morgan fingerprint density at radius 3 is 2.03 bits per heavy atom. The molecule has 1 atom stereocenters. The molecule has 3 aromatic rings. The van der Waals surface area contributed by atoms with E-state index in [1.807, 2.05) is 0 Å². The van der Waals surface area contributed by atoms with Crippen molar-refractivity contribution in [2.75, 3.05) is 22.2 Å². The number of pyridine rings is 1. The van der Waals surface area contributed by atoms with Crippen molar-refractivity contribution in [3.05, 3.63) is 74.3 Å². The van der Waals surface area contributed by atoms with Gasteiger partial charge in [0, 0.05) is 25.8 Å². The summed E-state index contributed by atoms with van der Waals surface area (Å²) in [6, 6.07) is 12.3. The second-order valence-electron chi connectivity index (χ2n) is 7.62. The quantitative estimate of drug-likeness (QED) is 0.346. The van der Waals surface area contributed by atoms with E-state index in [4.69, 9.17) is 46.4 Å². The van der Waals surface area contributed by atoms with Gasteiger partial charge in [-0.05, 0) is 62.5 Å². The van der Waals surface area contributed by atoms with E-state index in [1.54, 1.807) is 62.5 Å². The fourth-order valence-corrected chi connectivity index (χ4v) is 4.53. The van der Waals surface area contributed by atoms with Crippen molar-refractivity contribution in [1.29, 1.82) is 0 Å². The highest BCUT2D eigenvalue weighted by Gasteiger charge is 2.34. The number of aromatic nitrogens is 1. The molecule has 2 aromatic carbocycles. The summed E-state index contributed by atoms with van der Waals surface area (Å²) in [5.41, 5.74) is 2.03. The van der Waals surface area contributed by atoms with Gasteiger partial charge in [0.2, 0.25) is 5.91 Å². The number of carbonyl (C=O) groups is 2. The Kier molecular flexibility index (Phi) is 8.75. The van der Waals surface area contributed by atoms with Gasteiger partial charge in [-0.2, -0.15) is 0 Å². The predicted molar refractivity (Wildman–Crippen MR) is 145 cm³/mol. The van der Waals surface area contributed by atoms with Crippen molar-refractivity contribution in [2.45, 2.75) is 19.5 Å². The highest BCUT2D eigenvalue weighted by molar-refractivity contribution is 6.36. The molecule has 0 aliphatic carbocycles. The maximum Gasteiger partial charge on any atom is 0.334 e. The van der Waals surface area contributed by atoms with Crippen LogP contribution in [0.3, 0.4) is 0 Å². The molecule has 1 aliphatic heterocycles. The summed E-state index contributed by atoms with van der Waals surface area (Å²) in [5.74, 6) is 0.118. The molecule has 4 rings (SSSR count). The molecule has 0 saturated heterocycles. The molecule has 35 heavy (non-hydrogen) atoms. The highest BCUT2D eigenvalue weighted by Crippen LogP contribution is 2.39. The monoisotopic (exact) mass is 573 g/mol. The molecule has 3 amide bonds. The smallest absolute Gasteiger partial charge is 0.309 e. The molecule has 0 spiro atoms. The number of fused-ring (bicyclic) bond motifs is 1. The molecule has 0 radical (unpaired) electrons. The summed E-state index contributed by atoms with van der Waals surface area (Å²) in [7, 11) is 1.69. The summed E-state index contributed by atoms with van der Waals surface area (Å²) in [6.07, 6.45) is 0. The van der Waals surface area contributed by atoms with Crippen LogP contribution in [0, 0.1) is 0 Å². The van der Waals surface area contributed by atoms with Gasteiger partial charge in [0.15, 0.2) is 0 Å². The average Bonchev–Trinajstić information content (AvgIpc) is 2.76. The van der Waals surface area contributed by atoms with Crippen molar-refractivity contribution < 1.29 is 9.59 Å². The van der Waals surface area contributed by atoms with Crippen LogP contribution in [0.15, 0.2) is 48.5 Å². The first-order valence-electron chi connectivity index (χ1n) is 10.2. The number of nitrogens with zero attached hydrogens (tertiary/aromatic N) is 3. The highest BCUT2D eigenvalue weighted by atomic mass is 35.5. The van der Waals surface area contributed by atoms with Crippen molar-refractivity contribution in [3.63, 3.8) is 0 Å². The fraction of sp³-hybridized carbons (Fsp3) is 0.174. The number of urea groups is 1. The molecule has 2 N–H and O–H groups in total. The number of rotatable bonds is 5. The summed E-state index contributed by atoms with van der Waals surface area (Å²) in [5, 5.41) is 7.17. The molecular formula is C23H20Cl5N5O2. The number of hydrogen-bond acceptors (Lipinski definition) is 4. The van der Waals surface area contributed by atoms with Crippen LogP contribution in [0.2, 0.25) is 20.1 Å². The molecule has 0 saturated carbocycles. The molecule has 12 heteroatoms. The van der Waals surface area contributed by atoms with E-state index in [0.717, 1.165) is 0 Å². The number of nitrogens with one attached hydrogen (secondary N) is 2. The number of amides is 3. The summed E-state index contributed by atoms with van der Waals surface area (Å²) >= 11 is 24.8. The second-order valence-corrected chi connectivity index (χ2v) is 9.37. The molecule has 184 valence electrons. The van der Waals surface area contributed by atoms with Crippen LogP contribution in [0.5, 0.6) is 0 Å². The Balaban J connectivity index is 0.00000342. The molecule has 0 fully saturated rings. The standard InChI is InChI=1S/C23H19Cl4N5O2.ClH/c1-12(28-2)22(33)30-21-4-3-20-19(29-21)11-31(17-7-13(24)5-14(25)8-17)23(34)32(20)18-9-15(26)6-16(27)10-18;/h3-10,12,28H,11H2,1-2H3,(H,29,30,33);1H. The van der Waals surface area contributed by atoms with E-state index in [9.17, 15) is 9.59 Å². The van der Waals surface area contributed by atoms with Gasteiger partial charge in [0.25, 0.3) is 0 Å². The van der Waals surface area contributed by atoms with Crippen LogP contribution in [0.4, 0.5) is 27.7 Å². The van der Waals surface area contributed by atoms with Crippen LogP contribution in [0.25, 0.3) is 0 Å². The topological polar surface area (TPSA) is 77.6 Å². The Morgan fingerprint density at radius 1 is 0.943 bits per heavy atom. The lowest BCUT2D eigenvalue weighted by Gasteiger charge is -2.37. The molecular weight excluding hydrogens is 556 g/mol. The van der Waals surface area contributed by atoms with Gasteiger partial charge in [-0.1, -0.05) is 46.4 Å². The van der Waals surface area contributed by atoms with Gasteiger partial charge >= 0.3 is 6.03 Å². The van der Waals surface area contributed by atoms with E-state index in [0.29, 0.717) is 48.7 Å². The van der Waals surface area contributed by atoms with Crippen molar-refractivity contribution in [3.8, 4) is 0 Å². The van der Waals surface area contributed by atoms with Gasteiger partial charge in [0.05, 0.1) is 29.7 Å². The van der Waals surface area contributed by atoms with Gasteiger partial charge < -0.3 is 10.6 Å². The second kappa shape index (κ2) is 11.2. The SMILES string of the molecule is CNC(C)C(=O)Nc1ccc2c(n1)CN(c1cc(Cl)cc(Cl)c1)C(=O)N2c1cc(Cl)cc(Cl)c1.Cl. The molecule has 1 aliphatic rings. The van der Waals surface area contributed by atoms with E-state index in [1.165, 1.54) is 9.80 Å². The van der Waals surface area contributed by atoms with E-state index >= 15 is 0 Å². The molecule has 1 aromatic heterocycles. The van der Waals surface area contributed by atoms with Crippen LogP contribution in [-0.4, -0.2) is 30.0 Å². The van der Waals surface area contributed by atoms with Crippen LogP contribution >= 0.6 is 58.8 Å². The lowest BCUT2D eigenvalue weighted by atomic mass is 10.1. The number of carbonyl (C=O) groups excluding carboxylic acids is 2. The number of anilines is 4. The molecule has 2 heterocycles. The first-order valence-corrected chi connectivity index (χ1v) is 11.7. The Labute approximate surface area is 228 Å². The Bertz CT molecular complexity index is 1250. The third-order valence-corrected chi connectivity index (χ3v) is 6.14. The zero-order chi connectivity index (χ0) is 24.6. The third-order valence-electron chi connectivity index (χ3n) is 5.26. The maximum atomic E-state index is 13.7. The minimum absolute atomic E-state index is 0. The van der Waals surface area contributed by atoms with E-state index in [2.05, 4.69) is 15.6 Å². The number of halogens is 5. The lowest BCUT2D eigenvalue weighted by molar-refractivity contribution is -0.117. The van der Waals surface area contributed by atoms with Gasteiger partial charge in [-0.15, -0.1) is 12.4 Å². The molecule has 0 bridgehead atoms. The first-order chi connectivity index (χ1) is 16.2. The maximum absolute atomic E-state index is 13.7. The largest absolute Gasteiger partial charge is 0.334 e. The number of likely N-dealkylation sites (N-methyl/N-ethyl adjacent to an activating group) is 1. The summed E-state index contributed by atoms with van der Waals surface area (Å²) < 4.78 is 0. The van der Waals surface area contributed by atoms with Crippen LogP contribution < -0.4 is 20.4 Å². The van der Waals surface area contributed by atoms with Crippen LogP contribution in [0.1, 0.15) is 12.6 Å². The number of benzene rings is 2. The Morgan fingerprint density at radius 2 is 1.49 bits per heavy atom. The van der Waals surface area contributed by atoms with Crippen molar-refractivity contribution in [2.24, 2.45) is 0 Å². The van der Waals surface area contributed by atoms with Crippen molar-refractivity contribution >= 4 is 93.6 Å². The molecule has 7 nitrogen and oxygen atoms in total. The first kappa shape index (κ1) is 27.3. The van der Waals surface area contributed by atoms with E-state index in [-0.39, 0.29) is 30.9 Å². The molecule has 1 unspecified atom stereocenters. The van der Waals surface area contributed by atoms with Gasteiger partial charge in [0.1, 0.15) is 5.82 Å². The minimum atomic E-state index is -0.408. The number of hydrogen-bond donors (Lipinski definition) is 2. The van der Waals surface area contributed by atoms with Gasteiger partial charge in [-0.3, -0.25) is 14.6 Å². The summed E-state index contributed by atoms with van der Waals surface area (Å²) in [4.78, 5) is 33.6. The minimum Gasteiger partial charge on any atom is -0.309 e. The zero-order valence-electron chi connectivity index (χ0n) is 18.5. The summed E-state index contributed by atoms with van der Waals surface area (Å²) in [6.45, 7) is 1.86. The van der Waals surface area contributed by atoms with Gasteiger partial charge in [-0.25, -0.2) is 9.78 Å². The Hall–Kier alpha value is -2.26. The third kappa shape index (κ3) is 5.94. The fourth-order valence-electron chi connectivity index (χ4n) is 3.51. The predicted octanol–water partition coefficient (Wildman–Crippen LogP) is 6.94. The lowest BCUT2D eigenvalue weighted by Crippen LogP contribution is -2.45. The average molecular weight is 576 g/mol.